The maximum atomic E-state index is 13.3. The van der Waals surface area contributed by atoms with Crippen LogP contribution < -0.4 is 0 Å². The van der Waals surface area contributed by atoms with Crippen LogP contribution in [0.5, 0.6) is 0 Å². The van der Waals surface area contributed by atoms with Crippen molar-refractivity contribution in [1.82, 2.24) is 18.9 Å². The molecule has 1 unspecified atom stereocenters. The van der Waals surface area contributed by atoms with Gasteiger partial charge < -0.3 is 13.9 Å². The third-order valence-corrected chi connectivity index (χ3v) is 7.01. The third kappa shape index (κ3) is 4.22. The highest BCUT2D eigenvalue weighted by Crippen LogP contribution is 2.20. The molecule has 4 heterocycles. The second-order valence-electron chi connectivity index (χ2n) is 7.91. The first-order valence-corrected chi connectivity index (χ1v) is 12.0. The Morgan fingerprint density at radius 3 is 2.50 bits per heavy atom. The molecule has 7 nitrogen and oxygen atoms in total. The van der Waals surface area contributed by atoms with E-state index < -0.39 is 15.9 Å². The molecule has 5 rings (SSSR count). The number of aromatic nitrogens is 3. The van der Waals surface area contributed by atoms with Crippen molar-refractivity contribution in [3.8, 4) is 5.69 Å². The number of fused-ring (bicyclic) bond motifs is 1. The molecule has 3 aromatic heterocycles. The molecule has 0 saturated carbocycles. The van der Waals surface area contributed by atoms with Crippen molar-refractivity contribution >= 4 is 21.4 Å². The van der Waals surface area contributed by atoms with Gasteiger partial charge in [0.05, 0.1) is 18.2 Å². The van der Waals surface area contributed by atoms with Crippen LogP contribution in [-0.4, -0.2) is 45.0 Å². The molecule has 8 heteroatoms. The fraction of sp³-hybridized carbons (Fsp3) is 0.167. The molecule has 0 N–H and O–H groups in total. The monoisotopic (exact) mass is 446 g/mol. The molecular formula is C24H22N4O3S. The highest BCUT2D eigenvalue weighted by Gasteiger charge is 2.30. The molecular weight excluding hydrogens is 424 g/mol. The van der Waals surface area contributed by atoms with E-state index in [4.69, 9.17) is 0 Å². The number of benzene rings is 1. The van der Waals surface area contributed by atoms with Crippen molar-refractivity contribution in [3.63, 3.8) is 0 Å². The summed E-state index contributed by atoms with van der Waals surface area (Å²) in [6, 6.07) is 15.1. The molecule has 0 aliphatic carbocycles. The molecule has 0 fully saturated rings. The van der Waals surface area contributed by atoms with Crippen LogP contribution in [0, 0.1) is 0 Å². The largest absolute Gasteiger partial charge is 0.331 e. The van der Waals surface area contributed by atoms with Crippen LogP contribution in [0.3, 0.4) is 0 Å². The predicted molar refractivity (Wildman–Crippen MR) is 122 cm³/mol. The van der Waals surface area contributed by atoms with Crippen molar-refractivity contribution < 1.29 is 13.2 Å². The first kappa shape index (κ1) is 20.3. The molecule has 1 amide bonds. The molecule has 0 radical (unpaired) electrons. The van der Waals surface area contributed by atoms with Gasteiger partial charge in [-0.1, -0.05) is 18.2 Å². The molecule has 0 bridgehead atoms. The van der Waals surface area contributed by atoms with Gasteiger partial charge in [-0.2, -0.15) is 0 Å². The van der Waals surface area contributed by atoms with E-state index in [2.05, 4.69) is 4.98 Å². The van der Waals surface area contributed by atoms with Crippen molar-refractivity contribution in [2.45, 2.75) is 19.0 Å². The maximum absolute atomic E-state index is 13.3. The van der Waals surface area contributed by atoms with Crippen LogP contribution in [0.4, 0.5) is 0 Å². The number of carbonyl (C=O) groups excluding carboxylic acids is 1. The van der Waals surface area contributed by atoms with Crippen LogP contribution in [0.15, 0.2) is 91.0 Å². The normalized spacial score (nSPS) is 17.1. The van der Waals surface area contributed by atoms with E-state index in [1.807, 2.05) is 82.3 Å². The lowest BCUT2D eigenvalue weighted by atomic mass is 10.1. The number of rotatable bonds is 6. The van der Waals surface area contributed by atoms with E-state index >= 15 is 0 Å². The van der Waals surface area contributed by atoms with Gasteiger partial charge in [0.25, 0.3) is 0 Å². The van der Waals surface area contributed by atoms with Crippen LogP contribution >= 0.6 is 0 Å². The molecule has 1 aliphatic rings. The van der Waals surface area contributed by atoms with E-state index in [1.54, 1.807) is 17.2 Å². The lowest BCUT2D eigenvalue weighted by Gasteiger charge is -2.28. The van der Waals surface area contributed by atoms with Gasteiger partial charge in [-0.25, -0.2) is 13.4 Å². The highest BCUT2D eigenvalue weighted by atomic mass is 32.2. The smallest absolute Gasteiger partial charge is 0.227 e. The Morgan fingerprint density at radius 1 is 1.03 bits per heavy atom. The summed E-state index contributed by atoms with van der Waals surface area (Å²) >= 11 is 0. The molecule has 1 aliphatic heterocycles. The van der Waals surface area contributed by atoms with Crippen molar-refractivity contribution in [3.05, 3.63) is 102 Å². The van der Waals surface area contributed by atoms with E-state index in [-0.39, 0.29) is 18.1 Å². The lowest BCUT2D eigenvalue weighted by Crippen LogP contribution is -2.41. The zero-order valence-electron chi connectivity index (χ0n) is 17.3. The van der Waals surface area contributed by atoms with Gasteiger partial charge in [-0.05, 0) is 47.5 Å². The van der Waals surface area contributed by atoms with Gasteiger partial charge in [0.2, 0.25) is 5.91 Å². The quantitative estimate of drug-likeness (QED) is 0.456. The first-order valence-electron chi connectivity index (χ1n) is 10.3. The second kappa shape index (κ2) is 8.12. The molecule has 0 spiro atoms. The molecule has 32 heavy (non-hydrogen) atoms. The Labute approximate surface area is 186 Å². The van der Waals surface area contributed by atoms with E-state index in [9.17, 15) is 13.2 Å². The van der Waals surface area contributed by atoms with Gasteiger partial charge in [0.15, 0.2) is 9.84 Å². The van der Waals surface area contributed by atoms with Gasteiger partial charge >= 0.3 is 0 Å². The van der Waals surface area contributed by atoms with Crippen LogP contribution in [0.1, 0.15) is 11.1 Å². The number of imidazole rings is 1. The molecule has 162 valence electrons. The van der Waals surface area contributed by atoms with Crippen LogP contribution in [0.25, 0.3) is 11.3 Å². The van der Waals surface area contributed by atoms with E-state index in [1.165, 1.54) is 5.41 Å². The fourth-order valence-corrected chi connectivity index (χ4v) is 5.27. The summed E-state index contributed by atoms with van der Waals surface area (Å²) in [5.41, 5.74) is 3.62. The molecule has 0 saturated heterocycles. The highest BCUT2D eigenvalue weighted by molar-refractivity contribution is 7.94. The zero-order valence-corrected chi connectivity index (χ0v) is 18.1. The van der Waals surface area contributed by atoms with Gasteiger partial charge in [0, 0.05) is 48.6 Å². The first-order chi connectivity index (χ1) is 15.5. The Kier molecular flexibility index (Phi) is 5.14. The third-order valence-electron chi connectivity index (χ3n) is 5.63. The van der Waals surface area contributed by atoms with Crippen LogP contribution in [0.2, 0.25) is 0 Å². The number of pyridine rings is 1. The number of amides is 1. The summed E-state index contributed by atoms with van der Waals surface area (Å²) in [5.74, 6) is -0.199. The maximum Gasteiger partial charge on any atom is 0.227 e. The minimum Gasteiger partial charge on any atom is -0.331 e. The SMILES string of the molecule is O=C(Cc1ccc(-n2cccc2)cc1)N(Cc1ccc2nccn2c1)C1C=CS(=O)(=O)C1. The molecule has 1 aromatic carbocycles. The number of sulfone groups is 1. The van der Waals surface area contributed by atoms with Gasteiger partial charge in [-0.15, -0.1) is 0 Å². The Balaban J connectivity index is 1.38. The van der Waals surface area contributed by atoms with E-state index in [0.717, 1.165) is 22.5 Å². The second-order valence-corrected chi connectivity index (χ2v) is 9.84. The molecule has 4 aromatic rings. The van der Waals surface area contributed by atoms with Crippen molar-refractivity contribution in [2.75, 3.05) is 5.75 Å². The lowest BCUT2D eigenvalue weighted by molar-refractivity contribution is -0.132. The summed E-state index contributed by atoms with van der Waals surface area (Å²) in [4.78, 5) is 19.2. The summed E-state index contributed by atoms with van der Waals surface area (Å²) in [6.07, 6.45) is 11.2. The van der Waals surface area contributed by atoms with Gasteiger partial charge in [-0.3, -0.25) is 4.79 Å². The Hall–Kier alpha value is -3.65. The minimum absolute atomic E-state index is 0.0847. The number of carbonyl (C=O) groups is 1. The average molecular weight is 447 g/mol. The van der Waals surface area contributed by atoms with Crippen LogP contribution in [-0.2, 0) is 27.6 Å². The standard InChI is InChI=1S/C24H22N4O3S/c29-24(15-19-3-6-21(7-4-19)26-11-1-2-12-26)28(22-9-14-32(30,31)18-22)17-20-5-8-23-25-10-13-27(23)16-20/h1-14,16,22H,15,17-18H2. The fourth-order valence-electron chi connectivity index (χ4n) is 3.97. The molecule has 1 atom stereocenters. The summed E-state index contributed by atoms with van der Waals surface area (Å²) < 4.78 is 27.9. The number of hydrogen-bond acceptors (Lipinski definition) is 4. The van der Waals surface area contributed by atoms with Crippen molar-refractivity contribution in [2.24, 2.45) is 0 Å². The van der Waals surface area contributed by atoms with Crippen molar-refractivity contribution in [1.29, 1.82) is 0 Å². The van der Waals surface area contributed by atoms with E-state index in [0.29, 0.717) is 6.54 Å². The minimum atomic E-state index is -3.29. The summed E-state index contributed by atoms with van der Waals surface area (Å²) in [5, 5.41) is 1.21. The Morgan fingerprint density at radius 2 is 1.78 bits per heavy atom. The number of nitrogens with zero attached hydrogens (tertiary/aromatic N) is 4. The zero-order chi connectivity index (χ0) is 22.1. The summed E-state index contributed by atoms with van der Waals surface area (Å²) in [6.45, 7) is 0.318. The average Bonchev–Trinajstić information content (AvgIpc) is 3.53. The Bertz CT molecular complexity index is 1390. The topological polar surface area (TPSA) is 76.7 Å². The number of hydrogen-bond donors (Lipinski definition) is 0. The summed E-state index contributed by atoms with van der Waals surface area (Å²) in [7, 11) is -3.29. The van der Waals surface area contributed by atoms with Gasteiger partial charge in [0.1, 0.15) is 5.65 Å². The predicted octanol–water partition coefficient (Wildman–Crippen LogP) is 3.01.